The summed E-state index contributed by atoms with van der Waals surface area (Å²) in [6, 6.07) is -0.623. The molecule has 0 heterocycles. The van der Waals surface area contributed by atoms with Gasteiger partial charge in [0.2, 0.25) is 0 Å². The number of nitrogens with one attached hydrogen (secondary N) is 1. The van der Waals surface area contributed by atoms with Crippen LogP contribution in [0.15, 0.2) is 0 Å². The van der Waals surface area contributed by atoms with Crippen LogP contribution in [0.2, 0.25) is 0 Å². The third kappa shape index (κ3) is 6.51. The van der Waals surface area contributed by atoms with E-state index in [1.54, 1.807) is 7.11 Å². The number of ether oxygens (including phenoxy) is 2. The van der Waals surface area contributed by atoms with Gasteiger partial charge < -0.3 is 19.9 Å². The van der Waals surface area contributed by atoms with Crippen molar-refractivity contribution in [1.29, 1.82) is 0 Å². The van der Waals surface area contributed by atoms with Crippen LogP contribution in [0.25, 0.3) is 0 Å². The second-order valence-corrected chi connectivity index (χ2v) is 2.52. The number of rotatable bonds is 8. The highest BCUT2D eigenvalue weighted by Gasteiger charge is 2.15. The summed E-state index contributed by atoms with van der Waals surface area (Å²) in [6.45, 7) is 3.55. The summed E-state index contributed by atoms with van der Waals surface area (Å²) in [6.07, 6.45) is 0. The highest BCUT2D eigenvalue weighted by atomic mass is 16.5. The van der Waals surface area contributed by atoms with Crippen molar-refractivity contribution < 1.29 is 19.4 Å². The fraction of sp³-hybridized carbons (Fsp3) is 0.875. The standard InChI is InChI=1S/C8H17NO4/c1-3-9-7(8(10)11)6-13-5-4-12-2/h7,9H,3-6H2,1-2H3,(H,10,11). The summed E-state index contributed by atoms with van der Waals surface area (Å²) in [4.78, 5) is 10.6. The van der Waals surface area contributed by atoms with Crippen molar-refractivity contribution >= 4 is 5.97 Å². The first-order chi connectivity index (χ1) is 6.22. The molecule has 1 unspecified atom stereocenters. The summed E-state index contributed by atoms with van der Waals surface area (Å²) < 4.78 is 9.83. The van der Waals surface area contributed by atoms with Gasteiger partial charge in [0, 0.05) is 7.11 Å². The van der Waals surface area contributed by atoms with Crippen LogP contribution in [0.5, 0.6) is 0 Å². The molecule has 0 fully saturated rings. The molecule has 78 valence electrons. The first-order valence-corrected chi connectivity index (χ1v) is 4.25. The maximum Gasteiger partial charge on any atom is 0.323 e. The van der Waals surface area contributed by atoms with Crippen LogP contribution in [0, 0.1) is 0 Å². The molecule has 1 atom stereocenters. The number of aliphatic carboxylic acids is 1. The molecule has 0 amide bonds. The van der Waals surface area contributed by atoms with Gasteiger partial charge >= 0.3 is 5.97 Å². The monoisotopic (exact) mass is 191 g/mol. The predicted molar refractivity (Wildman–Crippen MR) is 47.8 cm³/mol. The van der Waals surface area contributed by atoms with Crippen LogP contribution >= 0.6 is 0 Å². The van der Waals surface area contributed by atoms with E-state index in [0.29, 0.717) is 19.8 Å². The highest BCUT2D eigenvalue weighted by molar-refractivity contribution is 5.73. The molecular weight excluding hydrogens is 174 g/mol. The van der Waals surface area contributed by atoms with Crippen molar-refractivity contribution in [2.24, 2.45) is 0 Å². The van der Waals surface area contributed by atoms with Gasteiger partial charge in [0.1, 0.15) is 6.04 Å². The van der Waals surface area contributed by atoms with Gasteiger partial charge in [0.05, 0.1) is 19.8 Å². The molecule has 0 radical (unpaired) electrons. The quantitative estimate of drug-likeness (QED) is 0.516. The van der Waals surface area contributed by atoms with Crippen molar-refractivity contribution in [3.8, 4) is 0 Å². The number of carbonyl (C=O) groups is 1. The summed E-state index contributed by atoms with van der Waals surface area (Å²) >= 11 is 0. The van der Waals surface area contributed by atoms with Crippen LogP contribution in [-0.2, 0) is 14.3 Å². The van der Waals surface area contributed by atoms with E-state index in [4.69, 9.17) is 14.6 Å². The van der Waals surface area contributed by atoms with Gasteiger partial charge in [0.15, 0.2) is 0 Å². The fourth-order valence-corrected chi connectivity index (χ4v) is 0.807. The molecule has 2 N–H and O–H groups in total. The Bertz CT molecular complexity index is 140. The lowest BCUT2D eigenvalue weighted by Gasteiger charge is -2.12. The number of hydrogen-bond acceptors (Lipinski definition) is 4. The van der Waals surface area contributed by atoms with E-state index in [9.17, 15) is 4.79 Å². The molecule has 0 bridgehead atoms. The average Bonchev–Trinajstić information content (AvgIpc) is 2.10. The van der Waals surface area contributed by atoms with Gasteiger partial charge in [-0.1, -0.05) is 6.92 Å². The minimum Gasteiger partial charge on any atom is -0.480 e. The van der Waals surface area contributed by atoms with Gasteiger partial charge in [-0.2, -0.15) is 0 Å². The Morgan fingerprint density at radius 2 is 2.23 bits per heavy atom. The van der Waals surface area contributed by atoms with Crippen molar-refractivity contribution in [3.63, 3.8) is 0 Å². The average molecular weight is 191 g/mol. The molecule has 13 heavy (non-hydrogen) atoms. The van der Waals surface area contributed by atoms with E-state index in [2.05, 4.69) is 5.32 Å². The summed E-state index contributed by atoms with van der Waals surface area (Å²) in [7, 11) is 1.57. The maximum atomic E-state index is 10.6. The van der Waals surface area contributed by atoms with Gasteiger partial charge in [-0.25, -0.2) is 0 Å². The normalized spacial score (nSPS) is 12.8. The van der Waals surface area contributed by atoms with Gasteiger partial charge in [-0.05, 0) is 6.54 Å². The number of likely N-dealkylation sites (N-methyl/N-ethyl adjacent to an activating group) is 1. The summed E-state index contributed by atoms with van der Waals surface area (Å²) in [5.41, 5.74) is 0. The van der Waals surface area contributed by atoms with Crippen LogP contribution in [0.3, 0.4) is 0 Å². The Labute approximate surface area is 78.0 Å². The smallest absolute Gasteiger partial charge is 0.323 e. The Balaban J connectivity index is 3.51. The topological polar surface area (TPSA) is 67.8 Å². The minimum atomic E-state index is -0.890. The molecule has 5 heteroatoms. The van der Waals surface area contributed by atoms with Crippen molar-refractivity contribution in [3.05, 3.63) is 0 Å². The molecular formula is C8H17NO4. The molecule has 0 aromatic rings. The summed E-state index contributed by atoms with van der Waals surface area (Å²) in [5, 5.41) is 11.5. The maximum absolute atomic E-state index is 10.6. The Morgan fingerprint density at radius 1 is 1.54 bits per heavy atom. The van der Waals surface area contributed by atoms with Crippen LogP contribution < -0.4 is 5.32 Å². The molecule has 0 aliphatic carbocycles. The van der Waals surface area contributed by atoms with E-state index < -0.39 is 12.0 Å². The third-order valence-corrected chi connectivity index (χ3v) is 1.46. The number of hydrogen-bond donors (Lipinski definition) is 2. The fourth-order valence-electron chi connectivity index (χ4n) is 0.807. The first-order valence-electron chi connectivity index (χ1n) is 4.25. The molecule has 5 nitrogen and oxygen atoms in total. The predicted octanol–water partition coefficient (Wildman–Crippen LogP) is -0.288. The van der Waals surface area contributed by atoms with E-state index in [0.717, 1.165) is 0 Å². The van der Waals surface area contributed by atoms with Crippen molar-refractivity contribution in [1.82, 2.24) is 5.32 Å². The van der Waals surface area contributed by atoms with E-state index in [1.807, 2.05) is 6.92 Å². The lowest BCUT2D eigenvalue weighted by molar-refractivity contribution is -0.141. The lowest BCUT2D eigenvalue weighted by atomic mass is 10.3. The second kappa shape index (κ2) is 7.97. The highest BCUT2D eigenvalue weighted by Crippen LogP contribution is 1.86. The molecule has 0 rings (SSSR count). The van der Waals surface area contributed by atoms with Crippen LogP contribution in [0.4, 0.5) is 0 Å². The van der Waals surface area contributed by atoms with Crippen LogP contribution in [0.1, 0.15) is 6.92 Å². The Kier molecular flexibility index (Phi) is 7.57. The van der Waals surface area contributed by atoms with Gasteiger partial charge in [0.25, 0.3) is 0 Å². The van der Waals surface area contributed by atoms with Gasteiger partial charge in [-0.3, -0.25) is 4.79 Å². The lowest BCUT2D eigenvalue weighted by Crippen LogP contribution is -2.40. The second-order valence-electron chi connectivity index (χ2n) is 2.52. The molecule has 0 saturated carbocycles. The zero-order valence-corrected chi connectivity index (χ0v) is 8.08. The Hall–Kier alpha value is -0.650. The number of carboxylic acid groups (broad SMARTS) is 1. The molecule has 0 spiro atoms. The number of methoxy groups -OCH3 is 1. The van der Waals surface area contributed by atoms with E-state index in [-0.39, 0.29) is 6.61 Å². The zero-order chi connectivity index (χ0) is 10.1. The van der Waals surface area contributed by atoms with Crippen LogP contribution in [-0.4, -0.2) is 50.6 Å². The molecule has 0 aromatic carbocycles. The first kappa shape index (κ1) is 12.3. The molecule has 0 aliphatic heterocycles. The van der Waals surface area contributed by atoms with Crippen molar-refractivity contribution in [2.75, 3.05) is 33.5 Å². The summed E-state index contributed by atoms with van der Waals surface area (Å²) in [5.74, 6) is -0.890. The zero-order valence-electron chi connectivity index (χ0n) is 8.08. The number of carboxylic acids is 1. The van der Waals surface area contributed by atoms with Crippen molar-refractivity contribution in [2.45, 2.75) is 13.0 Å². The van der Waals surface area contributed by atoms with Gasteiger partial charge in [-0.15, -0.1) is 0 Å². The Morgan fingerprint density at radius 3 is 2.69 bits per heavy atom. The van der Waals surface area contributed by atoms with E-state index in [1.165, 1.54) is 0 Å². The third-order valence-electron chi connectivity index (χ3n) is 1.46. The molecule has 0 saturated heterocycles. The minimum absolute atomic E-state index is 0.173. The van der Waals surface area contributed by atoms with E-state index >= 15 is 0 Å². The largest absolute Gasteiger partial charge is 0.480 e. The SMILES string of the molecule is CCNC(COCCOC)C(=O)O. The molecule has 0 aromatic heterocycles. The molecule has 0 aliphatic rings.